The molecule has 0 saturated heterocycles. The standard InChI is InChI=1S/C28H16Cl5F2N3O4/c29-15-6-4-13(36-27(41)22-21(28(22,32)33)12-3-5-16(30)17(31)10-12)11-14(15)25(39)37-19-8-7-18(34)24(23(19)35)38-26(40)20-2-1-9-42-20/h1-11,21-22H,(H,36,41)(H,37,39)(H,38,40)/t21-,22+/m0/s1. The lowest BCUT2D eigenvalue weighted by Gasteiger charge is -2.13. The SMILES string of the molecule is O=C(Nc1c(F)ccc(NC(=O)c2cc(NC(=O)[C@H]3[C@H](c4ccc(Cl)c(Cl)c4)C3(Cl)Cl)ccc2Cl)c1F)c1ccco1. The van der Waals surface area contributed by atoms with E-state index in [0.29, 0.717) is 10.6 Å². The van der Waals surface area contributed by atoms with Crippen LogP contribution in [-0.2, 0) is 4.79 Å². The van der Waals surface area contributed by atoms with Crippen LogP contribution in [0.5, 0.6) is 0 Å². The Balaban J connectivity index is 1.32. The Morgan fingerprint density at radius 1 is 0.810 bits per heavy atom. The van der Waals surface area contributed by atoms with E-state index in [1.54, 1.807) is 18.2 Å². The maximum absolute atomic E-state index is 15.1. The predicted molar refractivity (Wildman–Crippen MR) is 158 cm³/mol. The molecule has 14 heteroatoms. The van der Waals surface area contributed by atoms with E-state index in [0.717, 1.165) is 12.1 Å². The van der Waals surface area contributed by atoms with Crippen LogP contribution in [0.25, 0.3) is 0 Å². The van der Waals surface area contributed by atoms with Gasteiger partial charge in [0.15, 0.2) is 11.6 Å². The number of benzene rings is 3. The van der Waals surface area contributed by atoms with Gasteiger partial charge in [0.25, 0.3) is 11.8 Å². The summed E-state index contributed by atoms with van der Waals surface area (Å²) in [5, 5.41) is 7.61. The number of nitrogens with one attached hydrogen (secondary N) is 3. The number of anilines is 3. The summed E-state index contributed by atoms with van der Waals surface area (Å²) >= 11 is 31.1. The first kappa shape index (κ1) is 30.1. The smallest absolute Gasteiger partial charge is 0.291 e. The van der Waals surface area contributed by atoms with Crippen molar-refractivity contribution >= 4 is 92.8 Å². The van der Waals surface area contributed by atoms with E-state index in [2.05, 4.69) is 16.0 Å². The molecule has 2 atom stereocenters. The lowest BCUT2D eigenvalue weighted by atomic mass is 10.1. The summed E-state index contributed by atoms with van der Waals surface area (Å²) in [6, 6.07) is 13.4. The van der Waals surface area contributed by atoms with Crippen molar-refractivity contribution in [2.24, 2.45) is 5.92 Å². The summed E-state index contributed by atoms with van der Waals surface area (Å²) in [5.41, 5.74) is -0.596. The van der Waals surface area contributed by atoms with Gasteiger partial charge in [-0.15, -0.1) is 23.2 Å². The summed E-state index contributed by atoms with van der Waals surface area (Å²) in [6.45, 7) is 0. The number of carbonyl (C=O) groups excluding carboxylic acids is 3. The molecule has 4 aromatic rings. The Morgan fingerprint density at radius 3 is 2.24 bits per heavy atom. The zero-order chi connectivity index (χ0) is 30.3. The first-order chi connectivity index (χ1) is 19.9. The van der Waals surface area contributed by atoms with Crippen LogP contribution in [0.1, 0.15) is 32.4 Å². The fourth-order valence-corrected chi connectivity index (χ4v) is 5.64. The van der Waals surface area contributed by atoms with Crippen LogP contribution >= 0.6 is 58.0 Å². The Hall–Kier alpha value is -3.34. The molecule has 3 amide bonds. The van der Waals surface area contributed by atoms with E-state index in [-0.39, 0.29) is 27.1 Å². The lowest BCUT2D eigenvalue weighted by Crippen LogP contribution is -2.19. The quantitative estimate of drug-likeness (QED) is 0.171. The molecule has 1 saturated carbocycles. The van der Waals surface area contributed by atoms with Gasteiger partial charge >= 0.3 is 0 Å². The van der Waals surface area contributed by atoms with E-state index in [1.807, 2.05) is 0 Å². The maximum Gasteiger partial charge on any atom is 0.291 e. The van der Waals surface area contributed by atoms with Crippen molar-refractivity contribution < 1.29 is 27.6 Å². The predicted octanol–water partition coefficient (Wildman–Crippen LogP) is 8.55. The van der Waals surface area contributed by atoms with E-state index in [1.165, 1.54) is 36.6 Å². The topological polar surface area (TPSA) is 100 Å². The molecule has 3 N–H and O–H groups in total. The Bertz CT molecular complexity index is 1730. The normalized spacial score (nSPS) is 16.9. The molecule has 1 heterocycles. The molecular formula is C28H16Cl5F2N3O4. The second-order valence-corrected chi connectivity index (χ2v) is 11.8. The highest BCUT2D eigenvalue weighted by atomic mass is 35.5. The summed E-state index contributed by atoms with van der Waals surface area (Å²) in [5.74, 6) is -6.25. The van der Waals surface area contributed by atoms with Gasteiger partial charge in [-0.25, -0.2) is 8.78 Å². The summed E-state index contributed by atoms with van der Waals surface area (Å²) in [4.78, 5) is 38.3. The molecule has 5 rings (SSSR count). The highest BCUT2D eigenvalue weighted by molar-refractivity contribution is 6.53. The third kappa shape index (κ3) is 5.93. The van der Waals surface area contributed by atoms with Gasteiger partial charge in [-0.05, 0) is 60.2 Å². The first-order valence-corrected chi connectivity index (χ1v) is 13.8. The van der Waals surface area contributed by atoms with Crippen LogP contribution in [0.4, 0.5) is 25.8 Å². The number of alkyl halides is 2. The number of carbonyl (C=O) groups is 3. The number of hydrogen-bond donors (Lipinski definition) is 3. The van der Waals surface area contributed by atoms with Gasteiger partial charge in [-0.2, -0.15) is 0 Å². The molecule has 3 aromatic carbocycles. The Morgan fingerprint density at radius 2 is 1.55 bits per heavy atom. The van der Waals surface area contributed by atoms with Gasteiger partial charge in [0.2, 0.25) is 5.91 Å². The van der Waals surface area contributed by atoms with E-state index >= 15 is 4.39 Å². The summed E-state index contributed by atoms with van der Waals surface area (Å²) < 4.78 is 33.0. The molecule has 1 aromatic heterocycles. The minimum atomic E-state index is -1.42. The molecule has 0 aliphatic heterocycles. The average Bonchev–Trinajstić information content (AvgIpc) is 3.25. The van der Waals surface area contributed by atoms with Crippen LogP contribution in [0.2, 0.25) is 15.1 Å². The number of rotatable bonds is 7. The van der Waals surface area contributed by atoms with Crippen molar-refractivity contribution in [3.05, 3.63) is 111 Å². The van der Waals surface area contributed by atoms with Crippen LogP contribution in [0, 0.1) is 17.6 Å². The lowest BCUT2D eigenvalue weighted by molar-refractivity contribution is -0.117. The van der Waals surface area contributed by atoms with Crippen molar-refractivity contribution in [3.63, 3.8) is 0 Å². The molecule has 42 heavy (non-hydrogen) atoms. The molecule has 0 radical (unpaired) electrons. The first-order valence-electron chi connectivity index (χ1n) is 12.0. The number of amides is 3. The van der Waals surface area contributed by atoms with Crippen molar-refractivity contribution in [2.45, 2.75) is 10.3 Å². The van der Waals surface area contributed by atoms with Gasteiger partial charge in [-0.3, -0.25) is 14.4 Å². The fourth-order valence-electron chi connectivity index (χ4n) is 4.31. The van der Waals surface area contributed by atoms with Gasteiger partial charge in [-0.1, -0.05) is 40.9 Å². The average molecular weight is 674 g/mol. The number of furan rings is 1. The van der Waals surface area contributed by atoms with E-state index < -0.39 is 56.9 Å². The molecule has 7 nitrogen and oxygen atoms in total. The van der Waals surface area contributed by atoms with Crippen molar-refractivity contribution in [2.75, 3.05) is 16.0 Å². The molecular weight excluding hydrogens is 658 g/mol. The second kappa shape index (κ2) is 11.7. The molecule has 0 bridgehead atoms. The van der Waals surface area contributed by atoms with Crippen molar-refractivity contribution in [3.8, 4) is 0 Å². The number of halogens is 7. The van der Waals surface area contributed by atoms with Gasteiger partial charge in [0, 0.05) is 11.6 Å². The third-order valence-electron chi connectivity index (χ3n) is 6.44. The van der Waals surface area contributed by atoms with E-state index in [9.17, 15) is 18.8 Å². The zero-order valence-corrected chi connectivity index (χ0v) is 24.6. The molecule has 0 spiro atoms. The minimum absolute atomic E-state index is 0.0245. The number of hydrogen-bond acceptors (Lipinski definition) is 4. The monoisotopic (exact) mass is 671 g/mol. The summed E-state index contributed by atoms with van der Waals surface area (Å²) in [6.07, 6.45) is 1.22. The highest BCUT2D eigenvalue weighted by Gasteiger charge is 2.67. The van der Waals surface area contributed by atoms with Crippen molar-refractivity contribution in [1.29, 1.82) is 0 Å². The fraction of sp³-hybridized carbons (Fsp3) is 0.107. The second-order valence-electron chi connectivity index (χ2n) is 9.16. The van der Waals surface area contributed by atoms with Crippen molar-refractivity contribution in [1.82, 2.24) is 0 Å². The maximum atomic E-state index is 15.1. The highest BCUT2D eigenvalue weighted by Crippen LogP contribution is 2.65. The molecule has 0 unspecified atom stereocenters. The van der Waals surface area contributed by atoms with Gasteiger partial charge in [0.1, 0.15) is 15.8 Å². The largest absolute Gasteiger partial charge is 0.459 e. The third-order valence-corrected chi connectivity index (χ3v) is 8.45. The molecule has 1 aliphatic carbocycles. The summed E-state index contributed by atoms with van der Waals surface area (Å²) in [7, 11) is 0. The molecule has 1 aliphatic rings. The zero-order valence-electron chi connectivity index (χ0n) is 20.8. The van der Waals surface area contributed by atoms with Gasteiger partial charge < -0.3 is 20.4 Å². The van der Waals surface area contributed by atoms with Crippen LogP contribution in [-0.4, -0.2) is 22.1 Å². The van der Waals surface area contributed by atoms with E-state index in [4.69, 9.17) is 62.4 Å². The van der Waals surface area contributed by atoms with Crippen LogP contribution in [0.15, 0.2) is 71.3 Å². The van der Waals surface area contributed by atoms with Gasteiger partial charge in [0.05, 0.1) is 38.5 Å². The molecule has 1 fully saturated rings. The Labute approximate surface area is 262 Å². The minimum Gasteiger partial charge on any atom is -0.459 e. The van der Waals surface area contributed by atoms with Crippen LogP contribution in [0.3, 0.4) is 0 Å². The van der Waals surface area contributed by atoms with Crippen LogP contribution < -0.4 is 16.0 Å². The molecule has 216 valence electrons. The Kier molecular flexibility index (Phi) is 8.42.